The van der Waals surface area contributed by atoms with E-state index in [-0.39, 0.29) is 24.0 Å². The smallest absolute Gasteiger partial charge is 0.191 e. The third-order valence-electron chi connectivity index (χ3n) is 5.23. The highest BCUT2D eigenvalue weighted by Gasteiger charge is 2.24. The minimum Gasteiger partial charge on any atom is -0.377 e. The number of methoxy groups -OCH3 is 1. The second-order valence-corrected chi connectivity index (χ2v) is 7.08. The van der Waals surface area contributed by atoms with Crippen molar-refractivity contribution in [1.82, 2.24) is 30.3 Å². The summed E-state index contributed by atoms with van der Waals surface area (Å²) < 4.78 is 7.15. The number of nitrogens with zero attached hydrogens (tertiary/aromatic N) is 5. The summed E-state index contributed by atoms with van der Waals surface area (Å²) in [6.07, 6.45) is 4.52. The lowest BCUT2D eigenvalue weighted by atomic mass is 10.1. The molecule has 2 N–H and O–H groups in total. The third-order valence-corrected chi connectivity index (χ3v) is 5.23. The average molecular weight is 491 g/mol. The highest BCUT2D eigenvalue weighted by Crippen LogP contribution is 2.17. The number of likely N-dealkylation sites (tertiary alicyclic amines) is 1. The van der Waals surface area contributed by atoms with Crippen LogP contribution in [-0.2, 0) is 24.3 Å². The Morgan fingerprint density at radius 2 is 2.19 bits per heavy atom. The molecule has 154 valence electrons. The van der Waals surface area contributed by atoms with Crippen LogP contribution in [0.3, 0.4) is 0 Å². The van der Waals surface area contributed by atoms with Crippen LogP contribution < -0.4 is 10.6 Å². The van der Waals surface area contributed by atoms with Gasteiger partial charge in [0.2, 0.25) is 0 Å². The summed E-state index contributed by atoms with van der Waals surface area (Å²) in [6.45, 7) is 9.70. The van der Waals surface area contributed by atoms with Gasteiger partial charge in [0, 0.05) is 32.2 Å². The molecule has 8 nitrogen and oxygen atoms in total. The van der Waals surface area contributed by atoms with Crippen LogP contribution >= 0.6 is 24.0 Å². The van der Waals surface area contributed by atoms with Crippen molar-refractivity contribution in [1.29, 1.82) is 0 Å². The number of ether oxygens (including phenoxy) is 1. The summed E-state index contributed by atoms with van der Waals surface area (Å²) >= 11 is 0. The van der Waals surface area contributed by atoms with Gasteiger partial charge in [0.15, 0.2) is 11.8 Å². The van der Waals surface area contributed by atoms with E-state index in [1.54, 1.807) is 7.11 Å². The summed E-state index contributed by atoms with van der Waals surface area (Å²) in [7, 11) is 1.67. The van der Waals surface area contributed by atoms with Crippen molar-refractivity contribution in [3.8, 4) is 0 Å². The molecule has 2 aliphatic heterocycles. The summed E-state index contributed by atoms with van der Waals surface area (Å²) in [5.74, 6) is 2.74. The predicted octanol–water partition coefficient (Wildman–Crippen LogP) is 1.40. The summed E-state index contributed by atoms with van der Waals surface area (Å²) in [6, 6.07) is 0.906. The standard InChI is InChI=1S/C18H33N7O.HI/c1-4-19-18(20-11-15-7-6-10-24(15)5-2)21-14-8-9-17-22-16(13-26-3)23-25(17)12-14;/h14-15H,4-13H2,1-3H3,(H2,19,20,21);1H. The lowest BCUT2D eigenvalue weighted by Crippen LogP contribution is -2.47. The van der Waals surface area contributed by atoms with E-state index in [1.165, 1.54) is 19.4 Å². The molecule has 1 aromatic heterocycles. The Labute approximate surface area is 179 Å². The van der Waals surface area contributed by atoms with E-state index < -0.39 is 0 Å². The van der Waals surface area contributed by atoms with Gasteiger partial charge in [0.1, 0.15) is 12.4 Å². The van der Waals surface area contributed by atoms with E-state index in [1.807, 2.05) is 4.68 Å². The zero-order chi connectivity index (χ0) is 18.4. The summed E-state index contributed by atoms with van der Waals surface area (Å²) in [5, 5.41) is 11.5. The van der Waals surface area contributed by atoms with Crippen molar-refractivity contribution in [2.45, 2.75) is 64.8 Å². The van der Waals surface area contributed by atoms with Crippen molar-refractivity contribution in [2.75, 3.05) is 33.3 Å². The van der Waals surface area contributed by atoms with Crippen LogP contribution in [0.1, 0.15) is 44.8 Å². The molecule has 0 bridgehead atoms. The molecule has 2 atom stereocenters. The van der Waals surface area contributed by atoms with Crippen molar-refractivity contribution >= 4 is 29.9 Å². The summed E-state index contributed by atoms with van der Waals surface area (Å²) in [5.41, 5.74) is 0. The normalized spacial score (nSPS) is 23.0. The number of rotatable bonds is 7. The number of aliphatic imine (C=N–C) groups is 1. The lowest BCUT2D eigenvalue weighted by molar-refractivity contribution is 0.177. The molecule has 1 saturated heterocycles. The van der Waals surface area contributed by atoms with E-state index in [2.05, 4.69) is 39.5 Å². The van der Waals surface area contributed by atoms with Crippen molar-refractivity contribution in [2.24, 2.45) is 4.99 Å². The maximum atomic E-state index is 5.14. The van der Waals surface area contributed by atoms with Crippen LogP contribution in [0.15, 0.2) is 4.99 Å². The van der Waals surface area contributed by atoms with E-state index in [0.717, 1.165) is 56.6 Å². The highest BCUT2D eigenvalue weighted by molar-refractivity contribution is 14.0. The first kappa shape index (κ1) is 22.4. The van der Waals surface area contributed by atoms with Gasteiger partial charge in [-0.1, -0.05) is 6.92 Å². The predicted molar refractivity (Wildman–Crippen MR) is 118 cm³/mol. The highest BCUT2D eigenvalue weighted by atomic mass is 127. The topological polar surface area (TPSA) is 79.6 Å². The number of halogens is 1. The van der Waals surface area contributed by atoms with Gasteiger partial charge in [0.25, 0.3) is 0 Å². The second-order valence-electron chi connectivity index (χ2n) is 7.08. The molecule has 3 rings (SSSR count). The molecule has 0 aromatic carbocycles. The Hall–Kier alpha value is -0.940. The molecule has 0 spiro atoms. The number of nitrogens with one attached hydrogen (secondary N) is 2. The molecule has 1 aromatic rings. The van der Waals surface area contributed by atoms with Gasteiger partial charge in [-0.25, -0.2) is 9.67 Å². The number of aryl methyl sites for hydroxylation is 1. The van der Waals surface area contributed by atoms with E-state index in [9.17, 15) is 0 Å². The van der Waals surface area contributed by atoms with Gasteiger partial charge in [-0.3, -0.25) is 9.89 Å². The summed E-state index contributed by atoms with van der Waals surface area (Å²) in [4.78, 5) is 11.9. The fraction of sp³-hybridized carbons (Fsp3) is 0.833. The molecule has 9 heteroatoms. The van der Waals surface area contributed by atoms with Crippen LogP contribution in [0.4, 0.5) is 0 Å². The number of guanidine groups is 1. The Bertz CT molecular complexity index is 607. The molecular formula is C18H34IN7O. The SMILES string of the molecule is CCNC(=NCC1CCCN1CC)NC1CCc2nc(COC)nn2C1.I. The number of hydrogen-bond acceptors (Lipinski definition) is 5. The van der Waals surface area contributed by atoms with Crippen LogP contribution in [-0.4, -0.2) is 71.0 Å². The molecule has 2 aliphatic rings. The van der Waals surface area contributed by atoms with Gasteiger partial charge >= 0.3 is 0 Å². The van der Waals surface area contributed by atoms with Gasteiger partial charge in [0.05, 0.1) is 13.1 Å². The maximum Gasteiger partial charge on any atom is 0.191 e. The number of hydrogen-bond donors (Lipinski definition) is 2. The lowest BCUT2D eigenvalue weighted by Gasteiger charge is -2.26. The molecule has 0 radical (unpaired) electrons. The van der Waals surface area contributed by atoms with Crippen molar-refractivity contribution < 1.29 is 4.74 Å². The monoisotopic (exact) mass is 491 g/mol. The quantitative estimate of drug-likeness (QED) is 0.341. The Morgan fingerprint density at radius 3 is 2.93 bits per heavy atom. The molecule has 1 fully saturated rings. The van der Waals surface area contributed by atoms with Crippen LogP contribution in [0.25, 0.3) is 0 Å². The number of likely N-dealkylation sites (N-methyl/N-ethyl adjacent to an activating group) is 1. The zero-order valence-electron chi connectivity index (χ0n) is 16.8. The minimum atomic E-state index is 0. The van der Waals surface area contributed by atoms with Crippen LogP contribution in [0, 0.1) is 0 Å². The number of aromatic nitrogens is 3. The van der Waals surface area contributed by atoms with Crippen LogP contribution in [0.5, 0.6) is 0 Å². The van der Waals surface area contributed by atoms with E-state index in [0.29, 0.717) is 18.7 Å². The Kier molecular flexibility index (Phi) is 9.24. The molecule has 0 aliphatic carbocycles. The fourth-order valence-electron chi connectivity index (χ4n) is 3.90. The number of fused-ring (bicyclic) bond motifs is 1. The molecular weight excluding hydrogens is 457 g/mol. The van der Waals surface area contributed by atoms with Crippen LogP contribution in [0.2, 0.25) is 0 Å². The molecule has 27 heavy (non-hydrogen) atoms. The second kappa shape index (κ2) is 11.2. The van der Waals surface area contributed by atoms with Gasteiger partial charge < -0.3 is 15.4 Å². The van der Waals surface area contributed by atoms with E-state index >= 15 is 0 Å². The van der Waals surface area contributed by atoms with Gasteiger partial charge in [-0.2, -0.15) is 5.10 Å². The molecule has 0 saturated carbocycles. The fourth-order valence-corrected chi connectivity index (χ4v) is 3.90. The first-order chi connectivity index (χ1) is 12.7. The zero-order valence-corrected chi connectivity index (χ0v) is 19.1. The molecule has 0 amide bonds. The Morgan fingerprint density at radius 1 is 1.33 bits per heavy atom. The maximum absolute atomic E-state index is 5.14. The molecule has 3 heterocycles. The Balaban J connectivity index is 0.00000261. The third kappa shape index (κ3) is 6.02. The largest absolute Gasteiger partial charge is 0.377 e. The van der Waals surface area contributed by atoms with Gasteiger partial charge in [-0.05, 0) is 39.3 Å². The van der Waals surface area contributed by atoms with Crippen molar-refractivity contribution in [3.05, 3.63) is 11.6 Å². The van der Waals surface area contributed by atoms with Gasteiger partial charge in [-0.15, -0.1) is 24.0 Å². The molecule has 2 unspecified atom stereocenters. The first-order valence-electron chi connectivity index (χ1n) is 9.93. The van der Waals surface area contributed by atoms with Crippen molar-refractivity contribution in [3.63, 3.8) is 0 Å². The first-order valence-corrected chi connectivity index (χ1v) is 9.93. The average Bonchev–Trinajstić information content (AvgIpc) is 3.25. The minimum absolute atomic E-state index is 0. The van der Waals surface area contributed by atoms with E-state index in [4.69, 9.17) is 9.73 Å².